The summed E-state index contributed by atoms with van der Waals surface area (Å²) in [5, 5.41) is 3.63. The number of nitrogens with one attached hydrogen (secondary N) is 2. The Hall–Kier alpha value is -4.22. The molecule has 0 radical (unpaired) electrons. The zero-order valence-corrected chi connectivity index (χ0v) is 25.7. The van der Waals surface area contributed by atoms with Crippen molar-refractivity contribution < 1.29 is 23.5 Å². The quantitative estimate of drug-likeness (QED) is 0.266. The maximum atomic E-state index is 13.9. The maximum absolute atomic E-state index is 13.9. The van der Waals surface area contributed by atoms with E-state index in [1.54, 1.807) is 11.8 Å². The van der Waals surface area contributed by atoms with E-state index in [1.165, 1.54) is 40.5 Å². The predicted octanol–water partition coefficient (Wildman–Crippen LogP) is 5.58. The number of hydrogen-bond donors (Lipinski definition) is 2. The van der Waals surface area contributed by atoms with Crippen molar-refractivity contribution in [3.63, 3.8) is 0 Å². The number of thioether (sulfide) groups is 1. The molecule has 8 nitrogen and oxygen atoms in total. The molecule has 2 aliphatic carbocycles. The molecule has 45 heavy (non-hydrogen) atoms. The van der Waals surface area contributed by atoms with Gasteiger partial charge in [0.05, 0.1) is 22.5 Å². The van der Waals surface area contributed by atoms with Crippen LogP contribution in [0.2, 0.25) is 0 Å². The first kappa shape index (κ1) is 28.3. The van der Waals surface area contributed by atoms with E-state index in [1.807, 2.05) is 55.5 Å². The van der Waals surface area contributed by atoms with E-state index in [9.17, 15) is 23.6 Å². The van der Waals surface area contributed by atoms with Gasteiger partial charge < -0.3 is 15.0 Å². The highest BCUT2D eigenvalue weighted by Crippen LogP contribution is 2.68. The maximum Gasteiger partial charge on any atom is 0.305 e. The molecule has 7 atom stereocenters. The van der Waals surface area contributed by atoms with Crippen LogP contribution in [-0.4, -0.2) is 34.6 Å². The van der Waals surface area contributed by atoms with Gasteiger partial charge in [-0.1, -0.05) is 41.2 Å². The number of H-pyrrole nitrogens is 1. The minimum Gasteiger partial charge on any atom is -0.484 e. The Morgan fingerprint density at radius 1 is 0.956 bits per heavy atom. The molecular weight excluding hydrogens is 614 g/mol. The normalized spacial score (nSPS) is 27.7. The zero-order chi connectivity index (χ0) is 31.0. The van der Waals surface area contributed by atoms with Crippen LogP contribution in [0.5, 0.6) is 5.75 Å². The molecule has 0 spiro atoms. The Balaban J connectivity index is 1.05. The molecule has 2 bridgehead atoms. The van der Waals surface area contributed by atoms with E-state index in [2.05, 4.69) is 10.3 Å². The summed E-state index contributed by atoms with van der Waals surface area (Å²) in [6.07, 6.45) is 0.816. The molecule has 3 amide bonds. The first-order valence-corrected chi connectivity index (χ1v) is 16.6. The molecule has 8 rings (SSSR count). The second kappa shape index (κ2) is 10.7. The molecular formula is C34H28FN3O5S2. The Bertz CT molecular complexity index is 1890. The number of aryl methyl sites for hydroxylation is 1. The number of aromatic nitrogens is 1. The molecule has 3 heterocycles. The van der Waals surface area contributed by atoms with Gasteiger partial charge in [0.2, 0.25) is 11.8 Å². The SMILES string of the molecule is Cc1ccc(N2C(=O)C3C4CC(C3C2=O)C2C4Sc3[nH]c(=O)sc3[C@@H]2c2ccc(OCC(=O)Nc3ccc(F)cc3)cc2)cc1. The number of fused-ring (bicyclic) bond motifs is 9. The average Bonchev–Trinajstić information content (AvgIpc) is 3.77. The van der Waals surface area contributed by atoms with Crippen molar-refractivity contribution in [2.45, 2.75) is 29.5 Å². The number of amides is 3. The van der Waals surface area contributed by atoms with Crippen LogP contribution in [0.15, 0.2) is 82.6 Å². The lowest BCUT2D eigenvalue weighted by Gasteiger charge is -2.43. The highest BCUT2D eigenvalue weighted by Gasteiger charge is 2.69. The fraction of sp³-hybridized carbons (Fsp3) is 0.294. The molecule has 3 aromatic carbocycles. The number of nitrogens with zero attached hydrogens (tertiary/aromatic N) is 1. The van der Waals surface area contributed by atoms with E-state index in [-0.39, 0.29) is 75.8 Å². The first-order valence-electron chi connectivity index (χ1n) is 14.9. The smallest absolute Gasteiger partial charge is 0.305 e. The summed E-state index contributed by atoms with van der Waals surface area (Å²) < 4.78 is 18.9. The fourth-order valence-electron chi connectivity index (χ4n) is 7.99. The lowest BCUT2D eigenvalue weighted by molar-refractivity contribution is -0.123. The van der Waals surface area contributed by atoms with Crippen LogP contribution in [0.1, 0.15) is 28.3 Å². The van der Waals surface area contributed by atoms with Crippen molar-refractivity contribution in [3.8, 4) is 5.75 Å². The molecule has 3 fully saturated rings. The van der Waals surface area contributed by atoms with Gasteiger partial charge in [0.25, 0.3) is 5.91 Å². The number of thiazole rings is 1. The first-order chi connectivity index (χ1) is 21.8. The molecule has 1 saturated heterocycles. The number of aromatic amines is 1. The van der Waals surface area contributed by atoms with Crippen molar-refractivity contribution >= 4 is 52.2 Å². The van der Waals surface area contributed by atoms with E-state index in [0.29, 0.717) is 17.1 Å². The lowest BCUT2D eigenvalue weighted by atomic mass is 9.68. The molecule has 2 saturated carbocycles. The third kappa shape index (κ3) is 4.63. The summed E-state index contributed by atoms with van der Waals surface area (Å²) in [6.45, 7) is 1.76. The molecule has 6 unspecified atom stereocenters. The van der Waals surface area contributed by atoms with Gasteiger partial charge in [-0.15, -0.1) is 11.8 Å². The highest BCUT2D eigenvalue weighted by molar-refractivity contribution is 8.00. The van der Waals surface area contributed by atoms with Crippen LogP contribution in [0.4, 0.5) is 15.8 Å². The number of carbonyl (C=O) groups is 3. The van der Waals surface area contributed by atoms with Gasteiger partial charge in [-0.25, -0.2) is 4.39 Å². The molecule has 11 heteroatoms. The number of carbonyl (C=O) groups excluding carboxylic acids is 3. The summed E-state index contributed by atoms with van der Waals surface area (Å²) in [5.74, 6) is -1.14. The third-order valence-electron chi connectivity index (χ3n) is 9.75. The number of halogens is 1. The summed E-state index contributed by atoms with van der Waals surface area (Å²) in [7, 11) is 0. The topological polar surface area (TPSA) is 109 Å². The molecule has 4 aliphatic rings. The van der Waals surface area contributed by atoms with E-state index >= 15 is 0 Å². The number of hydrogen-bond acceptors (Lipinski definition) is 7. The lowest BCUT2D eigenvalue weighted by Crippen LogP contribution is -2.42. The van der Waals surface area contributed by atoms with Crippen molar-refractivity contribution in [3.05, 3.63) is 104 Å². The molecule has 1 aromatic heterocycles. The second-order valence-electron chi connectivity index (χ2n) is 12.2. The number of rotatable bonds is 6. The third-order valence-corrected chi connectivity index (χ3v) is 12.3. The fourth-order valence-corrected chi connectivity index (χ4v) is 10.9. The van der Waals surface area contributed by atoms with Crippen molar-refractivity contribution in [1.82, 2.24) is 4.98 Å². The van der Waals surface area contributed by atoms with E-state index < -0.39 is 0 Å². The summed E-state index contributed by atoms with van der Waals surface area (Å²) in [6, 6.07) is 20.6. The number of anilines is 2. The number of benzene rings is 3. The van der Waals surface area contributed by atoms with Gasteiger partial charge in [-0.2, -0.15) is 0 Å². The minimum atomic E-state index is -0.385. The van der Waals surface area contributed by atoms with Crippen LogP contribution in [-0.2, 0) is 14.4 Å². The van der Waals surface area contributed by atoms with Crippen LogP contribution in [0.25, 0.3) is 0 Å². The van der Waals surface area contributed by atoms with Crippen molar-refractivity contribution in [1.29, 1.82) is 0 Å². The van der Waals surface area contributed by atoms with Crippen LogP contribution in [0, 0.1) is 42.3 Å². The summed E-state index contributed by atoms with van der Waals surface area (Å²) in [4.78, 5) is 57.9. The van der Waals surface area contributed by atoms with Crippen LogP contribution < -0.4 is 19.8 Å². The zero-order valence-electron chi connectivity index (χ0n) is 24.1. The van der Waals surface area contributed by atoms with Gasteiger partial charge in [0, 0.05) is 21.7 Å². The molecule has 2 N–H and O–H groups in total. The van der Waals surface area contributed by atoms with Crippen molar-refractivity contribution in [2.75, 3.05) is 16.8 Å². The van der Waals surface area contributed by atoms with Crippen molar-refractivity contribution in [2.24, 2.45) is 29.6 Å². The molecule has 2 aliphatic heterocycles. The largest absolute Gasteiger partial charge is 0.484 e. The van der Waals surface area contributed by atoms with Gasteiger partial charge in [-0.3, -0.25) is 24.1 Å². The Morgan fingerprint density at radius 2 is 1.64 bits per heavy atom. The van der Waals surface area contributed by atoms with Gasteiger partial charge in [-0.05, 0) is 85.2 Å². The Labute approximate surface area is 266 Å². The van der Waals surface area contributed by atoms with E-state index in [0.717, 1.165) is 27.5 Å². The van der Waals surface area contributed by atoms with E-state index in [4.69, 9.17) is 4.74 Å². The van der Waals surface area contributed by atoms with Gasteiger partial charge in [0.15, 0.2) is 6.61 Å². The molecule has 4 aromatic rings. The van der Waals surface area contributed by atoms with Gasteiger partial charge in [0.1, 0.15) is 11.6 Å². The monoisotopic (exact) mass is 641 g/mol. The standard InChI is InChI=1S/C34H28FN3O5S2/c1-16-2-10-20(11-3-16)38-32(40)27-22-14-23(28(27)33(38)41)29-26(22)25(30-31(44-29)37-34(42)45-30)17-4-12-21(13-5-17)43-15-24(39)36-19-8-6-18(35)7-9-19/h2-13,22-23,25-29H,14-15H2,1H3,(H,36,39)(H,37,42)/t22?,23?,25-,26?,27?,28?,29?/m1/s1. The van der Waals surface area contributed by atoms with Crippen LogP contribution in [0.3, 0.4) is 0 Å². The Kier molecular flexibility index (Phi) is 6.72. The van der Waals surface area contributed by atoms with Crippen LogP contribution >= 0.6 is 23.1 Å². The second-order valence-corrected chi connectivity index (χ2v) is 14.4. The average molecular weight is 642 g/mol. The number of imide groups is 1. The predicted molar refractivity (Wildman–Crippen MR) is 169 cm³/mol. The molecule has 228 valence electrons. The summed E-state index contributed by atoms with van der Waals surface area (Å²) in [5.41, 5.74) is 3.17. The number of ether oxygens (including phenoxy) is 1. The summed E-state index contributed by atoms with van der Waals surface area (Å²) >= 11 is 2.87. The Morgan fingerprint density at radius 3 is 2.36 bits per heavy atom. The minimum absolute atomic E-state index is 0.0193. The van der Waals surface area contributed by atoms with Gasteiger partial charge >= 0.3 is 4.87 Å². The highest BCUT2D eigenvalue weighted by atomic mass is 32.2.